The van der Waals surface area contributed by atoms with Crippen LogP contribution in [-0.4, -0.2) is 42.9 Å². The van der Waals surface area contributed by atoms with Crippen molar-refractivity contribution >= 4 is 17.5 Å². The minimum absolute atomic E-state index is 0.0116. The minimum Gasteiger partial charge on any atom is -0.369 e. The highest BCUT2D eigenvalue weighted by Gasteiger charge is 2.29. The molecule has 2 aliphatic rings. The zero-order chi connectivity index (χ0) is 17.3. The van der Waals surface area contributed by atoms with Gasteiger partial charge in [-0.1, -0.05) is 0 Å². The Kier molecular flexibility index (Phi) is 4.73. The molecule has 1 atom stereocenters. The quantitative estimate of drug-likeness (QED) is 0.914. The molecule has 0 aliphatic carbocycles. The van der Waals surface area contributed by atoms with Gasteiger partial charge < -0.3 is 15.5 Å². The molecule has 0 aromatic heterocycles. The van der Waals surface area contributed by atoms with Crippen LogP contribution in [-0.2, 0) is 16.0 Å². The summed E-state index contributed by atoms with van der Waals surface area (Å²) in [5.41, 5.74) is 8.21. The van der Waals surface area contributed by atoms with E-state index in [0.717, 1.165) is 49.0 Å². The van der Waals surface area contributed by atoms with Gasteiger partial charge in [-0.05, 0) is 55.9 Å². The first-order chi connectivity index (χ1) is 11.5. The van der Waals surface area contributed by atoms with Gasteiger partial charge in [-0.25, -0.2) is 4.39 Å². The lowest BCUT2D eigenvalue weighted by molar-refractivity contribution is -0.133. The van der Waals surface area contributed by atoms with Crippen LogP contribution >= 0.6 is 0 Å². The van der Waals surface area contributed by atoms with Gasteiger partial charge in [0.25, 0.3) is 0 Å². The highest BCUT2D eigenvalue weighted by atomic mass is 19.1. The summed E-state index contributed by atoms with van der Waals surface area (Å²) in [6.45, 7) is 4.03. The van der Waals surface area contributed by atoms with E-state index >= 15 is 0 Å². The molecule has 0 bridgehead atoms. The molecule has 2 N–H and O–H groups in total. The highest BCUT2D eigenvalue weighted by Crippen LogP contribution is 2.31. The number of carbonyl (C=O) groups is 2. The van der Waals surface area contributed by atoms with Gasteiger partial charge in [0.1, 0.15) is 5.82 Å². The van der Waals surface area contributed by atoms with Crippen LogP contribution in [0.3, 0.4) is 0 Å². The number of nitrogens with zero attached hydrogens (tertiary/aromatic N) is 2. The fourth-order valence-electron chi connectivity index (χ4n) is 3.88. The molecule has 1 aromatic carbocycles. The van der Waals surface area contributed by atoms with E-state index in [-0.39, 0.29) is 30.1 Å². The monoisotopic (exact) mass is 333 g/mol. The van der Waals surface area contributed by atoms with Gasteiger partial charge in [0.2, 0.25) is 11.8 Å². The van der Waals surface area contributed by atoms with Crippen molar-refractivity contribution in [2.45, 2.75) is 32.6 Å². The zero-order valence-electron chi connectivity index (χ0n) is 14.1. The number of rotatable bonds is 3. The van der Waals surface area contributed by atoms with Crippen molar-refractivity contribution in [3.8, 4) is 0 Å². The third-order valence-electron chi connectivity index (χ3n) is 5.04. The highest BCUT2D eigenvalue weighted by molar-refractivity contribution is 5.84. The number of piperidine rings is 1. The molecule has 0 unspecified atom stereocenters. The summed E-state index contributed by atoms with van der Waals surface area (Å²) in [5.74, 6) is -0.786. The summed E-state index contributed by atoms with van der Waals surface area (Å²) >= 11 is 0. The average molecular weight is 333 g/mol. The van der Waals surface area contributed by atoms with E-state index in [1.54, 1.807) is 11.0 Å². The number of carbonyl (C=O) groups excluding carboxylic acids is 2. The molecule has 0 saturated carbocycles. The van der Waals surface area contributed by atoms with Crippen LogP contribution in [0.2, 0.25) is 0 Å². The molecule has 2 aliphatic heterocycles. The number of nitrogens with two attached hydrogens (primary N) is 1. The molecular weight excluding hydrogens is 309 g/mol. The third-order valence-corrected chi connectivity index (χ3v) is 5.04. The summed E-state index contributed by atoms with van der Waals surface area (Å²) in [5, 5.41) is 0. The van der Waals surface area contributed by atoms with Crippen LogP contribution in [0.5, 0.6) is 0 Å². The fraction of sp³-hybridized carbons (Fsp3) is 0.556. The van der Waals surface area contributed by atoms with E-state index in [9.17, 15) is 14.0 Å². The van der Waals surface area contributed by atoms with Crippen LogP contribution in [0.1, 0.15) is 30.4 Å². The van der Waals surface area contributed by atoms with Gasteiger partial charge in [0.15, 0.2) is 0 Å². The second kappa shape index (κ2) is 6.79. The third kappa shape index (κ3) is 3.37. The zero-order valence-corrected chi connectivity index (χ0v) is 14.1. The van der Waals surface area contributed by atoms with Crippen LogP contribution in [0.4, 0.5) is 10.1 Å². The number of hydrogen-bond donors (Lipinski definition) is 1. The maximum atomic E-state index is 13.6. The largest absolute Gasteiger partial charge is 0.369 e. The summed E-state index contributed by atoms with van der Waals surface area (Å²) in [6.07, 6.45) is 3.31. The molecule has 3 rings (SSSR count). The average Bonchev–Trinajstić information content (AvgIpc) is 2.54. The molecule has 6 heteroatoms. The van der Waals surface area contributed by atoms with Gasteiger partial charge in [-0.2, -0.15) is 0 Å². The molecular formula is C18H24FN3O2. The van der Waals surface area contributed by atoms with E-state index in [2.05, 4.69) is 0 Å². The lowest BCUT2D eigenvalue weighted by Gasteiger charge is -2.36. The summed E-state index contributed by atoms with van der Waals surface area (Å²) in [7, 11) is 0. The molecule has 0 spiro atoms. The standard InChI is InChI=1S/C18H24FN3O2/c1-12-8-15(19)9-13-4-2-7-22(17(12)13)11-16(23)21-6-3-5-14(10-21)18(20)24/h8-9,14H,2-7,10-11H2,1H3,(H2,20,24)/t14-/m1/s1. The number of anilines is 1. The Morgan fingerprint density at radius 3 is 2.83 bits per heavy atom. The second-order valence-electron chi connectivity index (χ2n) is 6.84. The van der Waals surface area contributed by atoms with E-state index in [1.165, 1.54) is 6.07 Å². The Bertz CT molecular complexity index is 662. The van der Waals surface area contributed by atoms with Crippen molar-refractivity contribution in [2.75, 3.05) is 31.1 Å². The number of aryl methyl sites for hydroxylation is 2. The van der Waals surface area contributed by atoms with Crippen LogP contribution < -0.4 is 10.6 Å². The van der Waals surface area contributed by atoms with Crippen LogP contribution in [0, 0.1) is 18.7 Å². The van der Waals surface area contributed by atoms with E-state index < -0.39 is 0 Å². The Morgan fingerprint density at radius 2 is 2.08 bits per heavy atom. The SMILES string of the molecule is Cc1cc(F)cc2c1N(CC(=O)N1CCC[C@@H](C(N)=O)C1)CCC2. The number of halogens is 1. The predicted molar refractivity (Wildman–Crippen MR) is 90.2 cm³/mol. The first-order valence-electron chi connectivity index (χ1n) is 8.57. The molecule has 24 heavy (non-hydrogen) atoms. The van der Waals surface area contributed by atoms with Crippen molar-refractivity contribution in [1.29, 1.82) is 0 Å². The van der Waals surface area contributed by atoms with Gasteiger partial charge in [-0.15, -0.1) is 0 Å². The molecule has 1 aromatic rings. The molecule has 2 heterocycles. The van der Waals surface area contributed by atoms with Crippen molar-refractivity contribution in [3.05, 3.63) is 29.1 Å². The summed E-state index contributed by atoms with van der Waals surface area (Å²) in [6, 6.07) is 3.09. The summed E-state index contributed by atoms with van der Waals surface area (Å²) in [4.78, 5) is 27.9. The van der Waals surface area contributed by atoms with Crippen LogP contribution in [0.15, 0.2) is 12.1 Å². The normalized spacial score (nSPS) is 20.7. The number of amides is 2. The number of primary amides is 1. The minimum atomic E-state index is -0.331. The topological polar surface area (TPSA) is 66.6 Å². The van der Waals surface area contributed by atoms with Gasteiger partial charge in [0.05, 0.1) is 12.5 Å². The molecule has 130 valence electrons. The number of benzene rings is 1. The lowest BCUT2D eigenvalue weighted by atomic mass is 9.96. The summed E-state index contributed by atoms with van der Waals surface area (Å²) < 4.78 is 13.6. The Morgan fingerprint density at radius 1 is 1.29 bits per heavy atom. The van der Waals surface area contributed by atoms with E-state index in [4.69, 9.17) is 5.73 Å². The van der Waals surface area contributed by atoms with Crippen molar-refractivity contribution in [1.82, 2.24) is 4.90 Å². The number of likely N-dealkylation sites (tertiary alicyclic amines) is 1. The smallest absolute Gasteiger partial charge is 0.242 e. The van der Waals surface area contributed by atoms with Gasteiger partial charge >= 0.3 is 0 Å². The first kappa shape index (κ1) is 16.7. The lowest BCUT2D eigenvalue weighted by Crippen LogP contribution is -2.48. The number of hydrogen-bond acceptors (Lipinski definition) is 3. The number of fused-ring (bicyclic) bond motifs is 1. The molecule has 2 amide bonds. The molecule has 0 radical (unpaired) electrons. The van der Waals surface area contributed by atoms with Crippen molar-refractivity contribution in [2.24, 2.45) is 11.7 Å². The maximum absolute atomic E-state index is 13.6. The second-order valence-corrected chi connectivity index (χ2v) is 6.84. The predicted octanol–water partition coefficient (Wildman–Crippen LogP) is 1.61. The first-order valence-corrected chi connectivity index (χ1v) is 8.57. The van der Waals surface area contributed by atoms with E-state index in [0.29, 0.717) is 13.1 Å². The maximum Gasteiger partial charge on any atom is 0.242 e. The fourth-order valence-corrected chi connectivity index (χ4v) is 3.88. The van der Waals surface area contributed by atoms with Gasteiger partial charge in [-0.3, -0.25) is 9.59 Å². The molecule has 1 fully saturated rings. The van der Waals surface area contributed by atoms with E-state index in [1.807, 2.05) is 11.8 Å². The molecule has 5 nitrogen and oxygen atoms in total. The van der Waals surface area contributed by atoms with Crippen LogP contribution in [0.25, 0.3) is 0 Å². The molecule has 1 saturated heterocycles. The Labute approximate surface area is 141 Å². The Hall–Kier alpha value is -2.11. The van der Waals surface area contributed by atoms with Crippen molar-refractivity contribution in [3.63, 3.8) is 0 Å². The van der Waals surface area contributed by atoms with Crippen molar-refractivity contribution < 1.29 is 14.0 Å². The van der Waals surface area contributed by atoms with Gasteiger partial charge in [0, 0.05) is 25.3 Å². The Balaban J connectivity index is 1.73.